The van der Waals surface area contributed by atoms with Crippen LogP contribution in [0.1, 0.15) is 18.1 Å². The van der Waals surface area contributed by atoms with Crippen LogP contribution in [0.5, 0.6) is 0 Å². The summed E-state index contributed by atoms with van der Waals surface area (Å²) in [5, 5.41) is 12.7. The second kappa shape index (κ2) is 15.2. The molecule has 2 fully saturated rings. The number of nitrogens with zero attached hydrogens (tertiary/aromatic N) is 6. The first kappa shape index (κ1) is 35.3. The molecule has 3 aromatic carbocycles. The molecule has 260 valence electrons. The van der Waals surface area contributed by atoms with E-state index in [2.05, 4.69) is 22.8 Å². The maximum Gasteiger partial charge on any atom is 0.471 e. The number of amides is 2. The van der Waals surface area contributed by atoms with Crippen LogP contribution in [0, 0.1) is 11.3 Å². The van der Waals surface area contributed by atoms with Crippen LogP contribution in [-0.4, -0.2) is 85.9 Å². The number of nitriles is 1. The second-order valence-corrected chi connectivity index (χ2v) is 13.7. The summed E-state index contributed by atoms with van der Waals surface area (Å²) in [4.78, 5) is 39.9. The molecule has 0 aliphatic carbocycles. The summed E-state index contributed by atoms with van der Waals surface area (Å²) in [6.07, 6.45) is -5.02. The number of halogens is 3. The molecule has 3 aliphatic rings. The van der Waals surface area contributed by atoms with Gasteiger partial charge in [0.25, 0.3) is 5.91 Å². The van der Waals surface area contributed by atoms with Gasteiger partial charge in [0.15, 0.2) is 5.17 Å². The fourth-order valence-corrected chi connectivity index (χ4v) is 8.12. The van der Waals surface area contributed by atoms with Gasteiger partial charge in [0, 0.05) is 50.4 Å². The fourth-order valence-electron chi connectivity index (χ4n) is 5.75. The Hall–Kier alpha value is -4.49. The van der Waals surface area contributed by atoms with Crippen molar-refractivity contribution in [2.45, 2.75) is 24.5 Å². The van der Waals surface area contributed by atoms with E-state index in [1.807, 2.05) is 46.6 Å². The number of alkyl halides is 3. The smallest absolute Gasteiger partial charge is 0.379 e. The van der Waals surface area contributed by atoms with Crippen LogP contribution < -0.4 is 15.1 Å². The third kappa shape index (κ3) is 7.78. The number of likely N-dealkylation sites (N-methyl/N-ethyl adjacent to an activating group) is 1. The number of hydrogen-bond donors (Lipinski definition) is 1. The van der Waals surface area contributed by atoms with Gasteiger partial charge in [-0.2, -0.15) is 18.4 Å². The van der Waals surface area contributed by atoms with E-state index in [9.17, 15) is 28.0 Å². The highest BCUT2D eigenvalue weighted by atomic mass is 32.2. The maximum atomic E-state index is 14.3. The first-order valence-electron chi connectivity index (χ1n) is 15.9. The fraction of sp³-hybridized carbons (Fsp3) is 0.314. The van der Waals surface area contributed by atoms with Crippen LogP contribution in [0.15, 0.2) is 86.6 Å². The molecule has 3 heterocycles. The lowest BCUT2D eigenvalue weighted by molar-refractivity contribution is -0.167. The van der Waals surface area contributed by atoms with E-state index in [0.29, 0.717) is 56.7 Å². The van der Waals surface area contributed by atoms with E-state index >= 15 is 0 Å². The van der Waals surface area contributed by atoms with Crippen LogP contribution in [-0.2, 0) is 20.9 Å². The predicted molar refractivity (Wildman–Crippen MR) is 190 cm³/mol. The summed E-state index contributed by atoms with van der Waals surface area (Å²) in [5.41, 5.74) is 3.42. The summed E-state index contributed by atoms with van der Waals surface area (Å²) in [7, 11) is 1.78. The monoisotopic (exact) mass is 721 g/mol. The normalized spacial score (nSPS) is 18.8. The Kier molecular flexibility index (Phi) is 10.7. The zero-order chi connectivity index (χ0) is 35.4. The maximum absolute atomic E-state index is 14.3. The summed E-state index contributed by atoms with van der Waals surface area (Å²) in [5.74, 6) is -2.34. The molecule has 0 unspecified atom stereocenters. The molecule has 3 aromatic rings. The minimum Gasteiger partial charge on any atom is -0.379 e. The number of fused-ring (bicyclic) bond motifs is 1. The number of amidine groups is 1. The topological polar surface area (TPSA) is 105 Å². The average Bonchev–Trinajstić information content (AvgIpc) is 3.60. The summed E-state index contributed by atoms with van der Waals surface area (Å²) >= 11 is 2.44. The zero-order valence-electron chi connectivity index (χ0n) is 27.4. The van der Waals surface area contributed by atoms with Gasteiger partial charge in [-0.25, -0.2) is 4.99 Å². The third-order valence-electron chi connectivity index (χ3n) is 8.42. The van der Waals surface area contributed by atoms with Gasteiger partial charge in [0.2, 0.25) is 0 Å². The van der Waals surface area contributed by atoms with Crippen molar-refractivity contribution in [1.82, 2.24) is 9.80 Å². The molecule has 0 bridgehead atoms. The second-order valence-electron chi connectivity index (χ2n) is 11.7. The van der Waals surface area contributed by atoms with Gasteiger partial charge in [-0.15, -0.1) is 0 Å². The van der Waals surface area contributed by atoms with E-state index in [1.54, 1.807) is 30.1 Å². The predicted octanol–water partition coefficient (Wildman–Crippen LogP) is 6.39. The van der Waals surface area contributed by atoms with Crippen molar-refractivity contribution in [3.05, 3.63) is 87.8 Å². The Morgan fingerprint density at radius 1 is 1.08 bits per heavy atom. The van der Waals surface area contributed by atoms with Crippen molar-refractivity contribution in [3.63, 3.8) is 0 Å². The number of carbonyl (C=O) groups is 2. The Bertz CT molecular complexity index is 1880. The molecule has 3 aliphatic heterocycles. The highest BCUT2D eigenvalue weighted by molar-refractivity contribution is 8.19. The lowest BCUT2D eigenvalue weighted by Gasteiger charge is -2.31. The molecule has 0 saturated carbocycles. The molecule has 0 atom stereocenters. The molecular formula is C35H34F3N7O3S2. The largest absolute Gasteiger partial charge is 0.471 e. The Labute approximate surface area is 296 Å². The molecule has 1 N–H and O–H groups in total. The number of thioether (sulfide) groups is 2. The molecule has 0 radical (unpaired) electrons. The van der Waals surface area contributed by atoms with Crippen LogP contribution in [0.3, 0.4) is 0 Å². The molecule has 0 spiro atoms. The van der Waals surface area contributed by atoms with Crippen LogP contribution >= 0.6 is 23.5 Å². The highest BCUT2D eigenvalue weighted by Crippen LogP contribution is 2.51. The lowest BCUT2D eigenvalue weighted by atomic mass is 10.1. The molecule has 15 heteroatoms. The summed E-state index contributed by atoms with van der Waals surface area (Å²) in [6, 6.07) is 21.6. The standard InChI is InChI=1S/C35H34F3N7O3S2/c1-3-44(14-13-43-15-17-48-18-16-43)27-11-9-24(21-39)19-26(27)41-34-45(22-23-7-5-4-6-8-23)31(46)30(50-34)32-42(2)28-12-10-25(20-29(28)49-32)40-33(47)35(36,37)38/h4-12,19-20H,3,13-18,22H2,1-2H3,(H,40,47). The highest BCUT2D eigenvalue weighted by Gasteiger charge is 2.41. The minimum atomic E-state index is -5.02. The zero-order valence-corrected chi connectivity index (χ0v) is 29.0. The number of rotatable bonds is 9. The van der Waals surface area contributed by atoms with Crippen LogP contribution in [0.4, 0.5) is 35.9 Å². The van der Waals surface area contributed by atoms with E-state index < -0.39 is 12.1 Å². The number of hydrogen-bond acceptors (Lipinski definition) is 10. The first-order chi connectivity index (χ1) is 24.0. The first-order valence-corrected chi connectivity index (χ1v) is 17.6. The van der Waals surface area contributed by atoms with Gasteiger partial charge < -0.3 is 19.9 Å². The Morgan fingerprint density at radius 2 is 1.84 bits per heavy atom. The van der Waals surface area contributed by atoms with E-state index in [-0.39, 0.29) is 18.1 Å². The van der Waals surface area contributed by atoms with Gasteiger partial charge in [0.05, 0.1) is 53.5 Å². The molecule has 50 heavy (non-hydrogen) atoms. The number of benzene rings is 3. The average molecular weight is 722 g/mol. The van der Waals surface area contributed by atoms with Gasteiger partial charge in [0.1, 0.15) is 4.91 Å². The van der Waals surface area contributed by atoms with E-state index in [1.165, 1.54) is 35.7 Å². The Morgan fingerprint density at radius 3 is 2.54 bits per heavy atom. The van der Waals surface area contributed by atoms with Crippen molar-refractivity contribution in [1.29, 1.82) is 5.26 Å². The van der Waals surface area contributed by atoms with Gasteiger partial charge in [-0.1, -0.05) is 42.1 Å². The number of anilines is 3. The molecular weight excluding hydrogens is 688 g/mol. The third-order valence-corrected chi connectivity index (χ3v) is 10.8. The van der Waals surface area contributed by atoms with Crippen molar-refractivity contribution >= 4 is 63.3 Å². The van der Waals surface area contributed by atoms with Crippen LogP contribution in [0.2, 0.25) is 0 Å². The Balaban J connectivity index is 1.35. The van der Waals surface area contributed by atoms with Crippen molar-refractivity contribution < 1.29 is 27.5 Å². The summed E-state index contributed by atoms with van der Waals surface area (Å²) in [6.45, 7) is 7.73. The number of ether oxygens (including phenoxy) is 1. The number of aliphatic imine (C=N–C) groups is 1. The summed E-state index contributed by atoms with van der Waals surface area (Å²) < 4.78 is 44.2. The van der Waals surface area contributed by atoms with E-state index in [0.717, 1.165) is 37.4 Å². The van der Waals surface area contributed by atoms with Gasteiger partial charge in [-0.05, 0) is 60.6 Å². The van der Waals surface area contributed by atoms with E-state index in [4.69, 9.17) is 9.73 Å². The van der Waals surface area contributed by atoms with Crippen molar-refractivity contribution in [2.75, 3.05) is 68.1 Å². The SMILES string of the molecule is CCN(CCN1CCOCC1)c1ccc(C#N)cc1N=C1SC(=C2Sc3cc(NC(=O)C(F)(F)F)ccc3N2C)C(=O)N1Cc1ccccc1. The van der Waals surface area contributed by atoms with Gasteiger partial charge >= 0.3 is 12.1 Å². The number of morpholine rings is 1. The van der Waals surface area contributed by atoms with Gasteiger partial charge in [-0.3, -0.25) is 19.4 Å². The van der Waals surface area contributed by atoms with Crippen LogP contribution in [0.25, 0.3) is 0 Å². The van der Waals surface area contributed by atoms with Crippen molar-refractivity contribution in [3.8, 4) is 6.07 Å². The minimum absolute atomic E-state index is 0.00409. The molecule has 2 amide bonds. The lowest BCUT2D eigenvalue weighted by Crippen LogP contribution is -2.41. The van der Waals surface area contributed by atoms with Crippen molar-refractivity contribution in [2.24, 2.45) is 4.99 Å². The molecule has 0 aromatic heterocycles. The number of nitrogens with one attached hydrogen (secondary N) is 1. The quantitative estimate of drug-likeness (QED) is 0.252. The molecule has 6 rings (SSSR count). The molecule has 2 saturated heterocycles. The number of carbonyl (C=O) groups excluding carboxylic acids is 2. The molecule has 10 nitrogen and oxygen atoms in total.